The monoisotopic (exact) mass is 295 g/mol. The van der Waals surface area contributed by atoms with E-state index in [4.69, 9.17) is 15.7 Å². The number of anilines is 2. The molecule has 1 aromatic heterocycles. The Morgan fingerprint density at radius 1 is 1.65 bits per heavy atom. The van der Waals surface area contributed by atoms with Gasteiger partial charge in [0.2, 0.25) is 0 Å². The van der Waals surface area contributed by atoms with Crippen molar-refractivity contribution in [3.63, 3.8) is 0 Å². The SMILES string of the molecule is CCOC(=O)N1CCC(Nc2snc(N)c2C#N)CC1. The van der Waals surface area contributed by atoms with E-state index in [2.05, 4.69) is 15.8 Å². The van der Waals surface area contributed by atoms with Crippen LogP contribution in [0, 0.1) is 11.3 Å². The molecule has 1 fully saturated rings. The summed E-state index contributed by atoms with van der Waals surface area (Å²) in [6.07, 6.45) is 1.36. The lowest BCUT2D eigenvalue weighted by molar-refractivity contribution is 0.0983. The van der Waals surface area contributed by atoms with Crippen molar-refractivity contribution in [3.05, 3.63) is 5.56 Å². The van der Waals surface area contributed by atoms with Crippen LogP contribution in [0.3, 0.4) is 0 Å². The molecule has 0 aliphatic carbocycles. The number of rotatable bonds is 3. The summed E-state index contributed by atoms with van der Waals surface area (Å²) in [5, 5.41) is 13.0. The van der Waals surface area contributed by atoms with Crippen LogP contribution < -0.4 is 11.1 Å². The third kappa shape index (κ3) is 3.11. The minimum Gasteiger partial charge on any atom is -0.450 e. The fraction of sp³-hybridized carbons (Fsp3) is 0.583. The number of aromatic nitrogens is 1. The molecule has 1 aliphatic rings. The summed E-state index contributed by atoms with van der Waals surface area (Å²) in [4.78, 5) is 13.3. The Balaban J connectivity index is 1.89. The highest BCUT2D eigenvalue weighted by atomic mass is 32.1. The quantitative estimate of drug-likeness (QED) is 0.878. The fourth-order valence-electron chi connectivity index (χ4n) is 2.12. The van der Waals surface area contributed by atoms with Crippen LogP contribution in [0.4, 0.5) is 15.6 Å². The van der Waals surface area contributed by atoms with Gasteiger partial charge in [-0.3, -0.25) is 0 Å². The summed E-state index contributed by atoms with van der Waals surface area (Å²) in [7, 11) is 0. The number of nitrogens with one attached hydrogen (secondary N) is 1. The predicted molar refractivity (Wildman–Crippen MR) is 76.5 cm³/mol. The molecule has 0 aromatic carbocycles. The maximum atomic E-state index is 11.6. The Morgan fingerprint density at radius 2 is 2.35 bits per heavy atom. The number of hydrogen-bond acceptors (Lipinski definition) is 7. The first-order chi connectivity index (χ1) is 9.65. The first-order valence-corrected chi connectivity index (χ1v) is 7.26. The van der Waals surface area contributed by atoms with Crippen LogP contribution in [-0.4, -0.2) is 41.1 Å². The van der Waals surface area contributed by atoms with Gasteiger partial charge in [0.05, 0.1) is 6.61 Å². The van der Waals surface area contributed by atoms with Crippen molar-refractivity contribution in [3.8, 4) is 6.07 Å². The van der Waals surface area contributed by atoms with E-state index in [1.54, 1.807) is 11.8 Å². The third-order valence-electron chi connectivity index (χ3n) is 3.19. The Labute approximate surface area is 121 Å². The van der Waals surface area contributed by atoms with Gasteiger partial charge in [-0.1, -0.05) is 0 Å². The number of piperidine rings is 1. The summed E-state index contributed by atoms with van der Waals surface area (Å²) < 4.78 is 8.94. The molecule has 0 saturated carbocycles. The lowest BCUT2D eigenvalue weighted by Gasteiger charge is -2.31. The molecule has 0 atom stereocenters. The molecule has 0 unspecified atom stereocenters. The highest BCUT2D eigenvalue weighted by molar-refractivity contribution is 7.10. The van der Waals surface area contributed by atoms with Gasteiger partial charge in [-0.25, -0.2) is 4.79 Å². The third-order valence-corrected chi connectivity index (χ3v) is 3.98. The lowest BCUT2D eigenvalue weighted by atomic mass is 10.1. The summed E-state index contributed by atoms with van der Waals surface area (Å²) in [5.74, 6) is 0.268. The van der Waals surface area contributed by atoms with Crippen LogP contribution in [0.15, 0.2) is 0 Å². The lowest BCUT2D eigenvalue weighted by Crippen LogP contribution is -2.42. The van der Waals surface area contributed by atoms with E-state index in [9.17, 15) is 4.79 Å². The van der Waals surface area contributed by atoms with Crippen LogP contribution in [0.2, 0.25) is 0 Å². The average molecular weight is 295 g/mol. The number of nitrogens with zero attached hydrogens (tertiary/aromatic N) is 3. The molecule has 0 bridgehead atoms. The second-order valence-electron chi connectivity index (χ2n) is 4.49. The van der Waals surface area contributed by atoms with Crippen molar-refractivity contribution in [1.82, 2.24) is 9.27 Å². The zero-order chi connectivity index (χ0) is 14.5. The highest BCUT2D eigenvalue weighted by Gasteiger charge is 2.24. The maximum Gasteiger partial charge on any atom is 0.409 e. The van der Waals surface area contributed by atoms with Crippen molar-refractivity contribution < 1.29 is 9.53 Å². The second-order valence-corrected chi connectivity index (χ2v) is 5.26. The first-order valence-electron chi connectivity index (χ1n) is 6.49. The molecular weight excluding hydrogens is 278 g/mol. The molecule has 108 valence electrons. The molecule has 2 rings (SSSR count). The molecule has 0 spiro atoms. The minimum atomic E-state index is -0.259. The van der Waals surface area contributed by atoms with E-state index in [1.807, 2.05) is 0 Å². The Kier molecular flexibility index (Phi) is 4.63. The number of ether oxygens (including phenoxy) is 1. The summed E-state index contributed by atoms with van der Waals surface area (Å²) in [6, 6.07) is 2.27. The molecular formula is C12H17N5O2S. The van der Waals surface area contributed by atoms with Crippen molar-refractivity contribution in [2.75, 3.05) is 30.7 Å². The maximum absolute atomic E-state index is 11.6. The summed E-state index contributed by atoms with van der Waals surface area (Å²) >= 11 is 1.20. The molecule has 1 aromatic rings. The largest absolute Gasteiger partial charge is 0.450 e. The number of carbonyl (C=O) groups excluding carboxylic acids is 1. The zero-order valence-corrected chi connectivity index (χ0v) is 12.1. The number of nitriles is 1. The van der Waals surface area contributed by atoms with Crippen LogP contribution in [0.1, 0.15) is 25.3 Å². The normalized spacial score (nSPS) is 15.7. The molecule has 0 radical (unpaired) electrons. The Morgan fingerprint density at radius 3 is 2.95 bits per heavy atom. The van der Waals surface area contributed by atoms with E-state index < -0.39 is 0 Å². The van der Waals surface area contributed by atoms with E-state index in [-0.39, 0.29) is 18.0 Å². The number of likely N-dealkylation sites (tertiary alicyclic amines) is 1. The smallest absolute Gasteiger partial charge is 0.409 e. The average Bonchev–Trinajstić information content (AvgIpc) is 2.80. The van der Waals surface area contributed by atoms with E-state index in [0.717, 1.165) is 12.8 Å². The van der Waals surface area contributed by atoms with Gasteiger partial charge in [-0.2, -0.15) is 9.64 Å². The summed E-state index contributed by atoms with van der Waals surface area (Å²) in [5.41, 5.74) is 6.02. The van der Waals surface area contributed by atoms with Crippen LogP contribution in [0.5, 0.6) is 0 Å². The molecule has 1 aliphatic heterocycles. The van der Waals surface area contributed by atoms with Gasteiger partial charge in [-0.05, 0) is 31.3 Å². The minimum absolute atomic E-state index is 0.215. The van der Waals surface area contributed by atoms with Crippen LogP contribution >= 0.6 is 11.5 Å². The van der Waals surface area contributed by atoms with Crippen LogP contribution in [0.25, 0.3) is 0 Å². The number of nitrogens with two attached hydrogens (primary N) is 1. The molecule has 3 N–H and O–H groups in total. The van der Waals surface area contributed by atoms with E-state index in [1.165, 1.54) is 11.5 Å². The fourth-order valence-corrected chi connectivity index (χ4v) is 2.86. The molecule has 2 heterocycles. The van der Waals surface area contributed by atoms with Gasteiger partial charge >= 0.3 is 6.09 Å². The molecule has 7 nitrogen and oxygen atoms in total. The van der Waals surface area contributed by atoms with Gasteiger partial charge in [-0.15, -0.1) is 0 Å². The molecule has 8 heteroatoms. The van der Waals surface area contributed by atoms with Crippen molar-refractivity contribution in [1.29, 1.82) is 5.26 Å². The van der Waals surface area contributed by atoms with E-state index in [0.29, 0.717) is 30.3 Å². The second kappa shape index (κ2) is 6.43. The number of hydrogen-bond donors (Lipinski definition) is 2. The van der Waals surface area contributed by atoms with Gasteiger partial charge in [0, 0.05) is 19.1 Å². The number of carbonyl (C=O) groups is 1. The number of amides is 1. The van der Waals surface area contributed by atoms with Crippen LogP contribution in [-0.2, 0) is 4.74 Å². The zero-order valence-electron chi connectivity index (χ0n) is 11.3. The van der Waals surface area contributed by atoms with Crippen molar-refractivity contribution >= 4 is 28.4 Å². The van der Waals surface area contributed by atoms with Gasteiger partial charge in [0.1, 0.15) is 16.6 Å². The Bertz CT molecular complexity index is 516. The highest BCUT2D eigenvalue weighted by Crippen LogP contribution is 2.28. The molecule has 1 amide bonds. The topological polar surface area (TPSA) is 104 Å². The Hall–Kier alpha value is -2.01. The first kappa shape index (κ1) is 14.4. The number of nitrogen functional groups attached to an aromatic ring is 1. The van der Waals surface area contributed by atoms with Gasteiger partial charge in [0.25, 0.3) is 0 Å². The standard InChI is InChI=1S/C12H17N5O2S/c1-2-19-12(18)17-5-3-8(4-6-17)15-11-9(7-13)10(14)16-20-11/h8,15H,2-6H2,1H3,(H2,14,16). The summed E-state index contributed by atoms with van der Waals surface area (Å²) in [6.45, 7) is 3.48. The van der Waals surface area contributed by atoms with Crippen molar-refractivity contribution in [2.45, 2.75) is 25.8 Å². The molecule has 1 saturated heterocycles. The van der Waals surface area contributed by atoms with Gasteiger partial charge in [0.15, 0.2) is 5.82 Å². The molecule has 20 heavy (non-hydrogen) atoms. The van der Waals surface area contributed by atoms with Gasteiger partial charge < -0.3 is 20.7 Å². The van der Waals surface area contributed by atoms with E-state index >= 15 is 0 Å². The predicted octanol–water partition coefficient (Wildman–Crippen LogP) is 1.63. The van der Waals surface area contributed by atoms with Crippen molar-refractivity contribution in [2.24, 2.45) is 0 Å².